The van der Waals surface area contributed by atoms with Crippen molar-refractivity contribution in [2.45, 2.75) is 38.3 Å². The lowest BCUT2D eigenvalue weighted by atomic mass is 10.0. The van der Waals surface area contributed by atoms with E-state index in [1.807, 2.05) is 60.7 Å². The van der Waals surface area contributed by atoms with Gasteiger partial charge >= 0.3 is 0 Å². The molecule has 42 heavy (non-hydrogen) atoms. The number of para-hydroxylation sites is 3. The Kier molecular flexibility index (Phi) is 10.0. The molecular formula is C31H35N7O4. The van der Waals surface area contributed by atoms with Gasteiger partial charge in [0.05, 0.1) is 28.8 Å². The minimum absolute atomic E-state index is 0.301. The molecule has 4 amide bonds. The normalized spacial score (nSPS) is 12.3. The summed E-state index contributed by atoms with van der Waals surface area (Å²) in [5.74, 6) is -2.29. The van der Waals surface area contributed by atoms with Gasteiger partial charge in [-0.1, -0.05) is 48.5 Å². The SMILES string of the molecule is C[C@H](NC(=O)[C@H](CCCCN)NC(=O)CNC(=O)c1cccc2c(Nc3ccccc3)c3ccccc3nc12)C(N)=O. The van der Waals surface area contributed by atoms with Crippen LogP contribution in [-0.2, 0) is 14.4 Å². The number of aromatic nitrogens is 1. The van der Waals surface area contributed by atoms with Gasteiger partial charge < -0.3 is 32.7 Å². The van der Waals surface area contributed by atoms with Crippen molar-refractivity contribution < 1.29 is 19.2 Å². The molecule has 0 spiro atoms. The van der Waals surface area contributed by atoms with Crippen molar-refractivity contribution >= 4 is 56.8 Å². The minimum atomic E-state index is -0.917. The quantitative estimate of drug-likeness (QED) is 0.106. The van der Waals surface area contributed by atoms with Crippen LogP contribution >= 0.6 is 0 Å². The van der Waals surface area contributed by atoms with E-state index in [-0.39, 0.29) is 6.54 Å². The molecule has 0 radical (unpaired) electrons. The maximum absolute atomic E-state index is 13.3. The number of primary amides is 1. The third-order valence-electron chi connectivity index (χ3n) is 6.79. The van der Waals surface area contributed by atoms with E-state index in [4.69, 9.17) is 16.5 Å². The summed E-state index contributed by atoms with van der Waals surface area (Å²) >= 11 is 0. The first-order chi connectivity index (χ1) is 20.3. The molecule has 8 N–H and O–H groups in total. The summed E-state index contributed by atoms with van der Waals surface area (Å²) in [6, 6.07) is 20.8. The van der Waals surface area contributed by atoms with Gasteiger partial charge in [0.25, 0.3) is 5.91 Å². The Morgan fingerprint density at radius 3 is 2.31 bits per heavy atom. The summed E-state index contributed by atoms with van der Waals surface area (Å²) in [5.41, 5.74) is 14.0. The molecule has 0 fully saturated rings. The standard InChI is InChI=1S/C31H35N7O4/c1-19(29(33)40)35-31(42)25(16-7-8-17-32)37-26(39)18-34-30(41)23-14-9-13-22-27(36-20-10-3-2-4-11-20)21-12-5-6-15-24(21)38-28(22)23/h2-6,9-15,19,25H,7-8,16-18,32H2,1H3,(H2,33,40)(H,34,41)(H,35,42)(H,36,38)(H,37,39)/t19-,25-/m0/s1. The Bertz CT molecular complexity index is 1590. The zero-order chi connectivity index (χ0) is 30.1. The second kappa shape index (κ2) is 14.0. The summed E-state index contributed by atoms with van der Waals surface area (Å²) in [4.78, 5) is 55.0. The molecular weight excluding hydrogens is 534 g/mol. The van der Waals surface area contributed by atoms with Gasteiger partial charge in [-0.25, -0.2) is 4.98 Å². The van der Waals surface area contributed by atoms with Gasteiger partial charge in [-0.05, 0) is 57.0 Å². The molecule has 1 heterocycles. The highest BCUT2D eigenvalue weighted by molar-refractivity contribution is 6.15. The van der Waals surface area contributed by atoms with E-state index in [0.717, 1.165) is 22.1 Å². The number of nitrogens with two attached hydrogens (primary N) is 2. The van der Waals surface area contributed by atoms with E-state index in [1.165, 1.54) is 6.92 Å². The summed E-state index contributed by atoms with van der Waals surface area (Å²) in [6.45, 7) is 1.53. The van der Waals surface area contributed by atoms with Crippen molar-refractivity contribution in [1.29, 1.82) is 0 Å². The van der Waals surface area contributed by atoms with Crippen molar-refractivity contribution in [1.82, 2.24) is 20.9 Å². The van der Waals surface area contributed by atoms with E-state index in [9.17, 15) is 19.2 Å². The number of hydrogen-bond donors (Lipinski definition) is 6. The summed E-state index contributed by atoms with van der Waals surface area (Å²) in [6.07, 6.45) is 1.55. The van der Waals surface area contributed by atoms with Gasteiger partial charge in [0, 0.05) is 16.5 Å². The molecule has 218 valence electrons. The number of carbonyl (C=O) groups excluding carboxylic acids is 4. The van der Waals surface area contributed by atoms with E-state index in [2.05, 4.69) is 21.3 Å². The molecule has 0 saturated heterocycles. The number of nitrogens with one attached hydrogen (secondary N) is 4. The summed E-state index contributed by atoms with van der Waals surface area (Å²) in [7, 11) is 0. The van der Waals surface area contributed by atoms with E-state index >= 15 is 0 Å². The van der Waals surface area contributed by atoms with E-state index in [1.54, 1.807) is 12.1 Å². The van der Waals surface area contributed by atoms with Gasteiger partial charge in [-0.2, -0.15) is 0 Å². The van der Waals surface area contributed by atoms with Gasteiger partial charge in [0.2, 0.25) is 17.7 Å². The third kappa shape index (κ3) is 7.38. The lowest BCUT2D eigenvalue weighted by Crippen LogP contribution is -2.53. The smallest absolute Gasteiger partial charge is 0.253 e. The number of hydrogen-bond acceptors (Lipinski definition) is 7. The highest BCUT2D eigenvalue weighted by atomic mass is 16.2. The van der Waals surface area contributed by atoms with Crippen LogP contribution in [0.5, 0.6) is 0 Å². The predicted octanol–water partition coefficient (Wildman–Crippen LogP) is 2.47. The van der Waals surface area contributed by atoms with Gasteiger partial charge in [-0.15, -0.1) is 0 Å². The molecule has 0 saturated carbocycles. The molecule has 0 aliphatic carbocycles. The number of anilines is 2. The first-order valence-corrected chi connectivity index (χ1v) is 13.8. The van der Waals surface area contributed by atoms with Crippen LogP contribution in [0.25, 0.3) is 21.8 Å². The zero-order valence-electron chi connectivity index (χ0n) is 23.4. The van der Waals surface area contributed by atoms with Crippen LogP contribution in [0, 0.1) is 0 Å². The number of amides is 4. The molecule has 0 unspecified atom stereocenters. The lowest BCUT2D eigenvalue weighted by Gasteiger charge is -2.20. The Hall–Kier alpha value is -5.03. The van der Waals surface area contributed by atoms with Crippen LogP contribution in [0.1, 0.15) is 36.5 Å². The van der Waals surface area contributed by atoms with Crippen LogP contribution < -0.4 is 32.7 Å². The van der Waals surface area contributed by atoms with Gasteiger partial charge in [0.1, 0.15) is 12.1 Å². The predicted molar refractivity (Wildman–Crippen MR) is 163 cm³/mol. The highest BCUT2D eigenvalue weighted by Gasteiger charge is 2.24. The molecule has 4 aromatic rings. The largest absolute Gasteiger partial charge is 0.368 e. The van der Waals surface area contributed by atoms with E-state index < -0.39 is 35.7 Å². The molecule has 3 aromatic carbocycles. The Morgan fingerprint density at radius 1 is 0.857 bits per heavy atom. The molecule has 0 aliphatic heterocycles. The Labute approximate surface area is 243 Å². The number of pyridine rings is 1. The number of carbonyl (C=O) groups is 4. The number of unbranched alkanes of at least 4 members (excludes halogenated alkanes) is 1. The average Bonchev–Trinajstić information content (AvgIpc) is 2.99. The minimum Gasteiger partial charge on any atom is -0.368 e. The molecule has 0 aliphatic rings. The van der Waals surface area contributed by atoms with Crippen LogP contribution in [0.3, 0.4) is 0 Å². The van der Waals surface area contributed by atoms with Crippen molar-refractivity contribution in [3.05, 3.63) is 78.4 Å². The number of benzene rings is 3. The van der Waals surface area contributed by atoms with Crippen LogP contribution in [0.4, 0.5) is 11.4 Å². The summed E-state index contributed by atoms with van der Waals surface area (Å²) < 4.78 is 0. The maximum Gasteiger partial charge on any atom is 0.253 e. The first kappa shape index (κ1) is 29.9. The lowest BCUT2D eigenvalue weighted by molar-refractivity contribution is -0.131. The molecule has 2 atom stereocenters. The van der Waals surface area contributed by atoms with Crippen LogP contribution in [-0.4, -0.2) is 53.8 Å². The summed E-state index contributed by atoms with van der Waals surface area (Å²) in [5, 5.41) is 12.9. The number of nitrogens with zero attached hydrogens (tertiary/aromatic N) is 1. The topological polar surface area (TPSA) is 181 Å². The van der Waals surface area contributed by atoms with E-state index in [0.29, 0.717) is 42.4 Å². The second-order valence-electron chi connectivity index (χ2n) is 9.92. The van der Waals surface area contributed by atoms with Crippen LogP contribution in [0.2, 0.25) is 0 Å². The van der Waals surface area contributed by atoms with Gasteiger partial charge in [0.15, 0.2) is 0 Å². The van der Waals surface area contributed by atoms with Crippen molar-refractivity contribution in [2.24, 2.45) is 11.5 Å². The fraction of sp³-hybridized carbons (Fsp3) is 0.258. The monoisotopic (exact) mass is 569 g/mol. The maximum atomic E-state index is 13.3. The fourth-order valence-electron chi connectivity index (χ4n) is 4.55. The van der Waals surface area contributed by atoms with Crippen molar-refractivity contribution in [2.75, 3.05) is 18.4 Å². The molecule has 11 nitrogen and oxygen atoms in total. The van der Waals surface area contributed by atoms with Gasteiger partial charge in [-0.3, -0.25) is 19.2 Å². The number of rotatable bonds is 13. The third-order valence-corrected chi connectivity index (χ3v) is 6.79. The molecule has 1 aromatic heterocycles. The molecule has 4 rings (SSSR count). The van der Waals surface area contributed by atoms with Crippen LogP contribution in [0.15, 0.2) is 72.8 Å². The molecule has 11 heteroatoms. The van der Waals surface area contributed by atoms with Crippen molar-refractivity contribution in [3.63, 3.8) is 0 Å². The average molecular weight is 570 g/mol. The highest BCUT2D eigenvalue weighted by Crippen LogP contribution is 2.34. The zero-order valence-corrected chi connectivity index (χ0v) is 23.4. The first-order valence-electron chi connectivity index (χ1n) is 13.8. The fourth-order valence-corrected chi connectivity index (χ4v) is 4.55. The van der Waals surface area contributed by atoms with Crippen molar-refractivity contribution in [3.8, 4) is 0 Å². The molecule has 0 bridgehead atoms. The second-order valence-corrected chi connectivity index (χ2v) is 9.92. The Balaban J connectivity index is 1.53. The number of fused-ring (bicyclic) bond motifs is 2. The Morgan fingerprint density at radius 2 is 1.57 bits per heavy atom.